The first-order valence-electron chi connectivity index (χ1n) is 9.52. The fourth-order valence-corrected chi connectivity index (χ4v) is 4.10. The van der Waals surface area contributed by atoms with Gasteiger partial charge in [-0.25, -0.2) is 17.5 Å². The number of carbonyl (C=O) groups excluding carboxylic acids is 3. The van der Waals surface area contributed by atoms with E-state index < -0.39 is 22.0 Å². The lowest BCUT2D eigenvalue weighted by Crippen LogP contribution is -2.29. The molecule has 168 valence electrons. The molecular weight excluding hydrogens is 422 g/mol. The van der Waals surface area contributed by atoms with Crippen LogP contribution in [-0.4, -0.2) is 56.6 Å². The second kappa shape index (κ2) is 9.44. The van der Waals surface area contributed by atoms with E-state index in [0.717, 1.165) is 4.31 Å². The predicted molar refractivity (Wildman–Crippen MR) is 114 cm³/mol. The van der Waals surface area contributed by atoms with Crippen molar-refractivity contribution in [2.24, 2.45) is 0 Å². The number of rotatable bonds is 8. The Kier molecular flexibility index (Phi) is 7.40. The van der Waals surface area contributed by atoms with Crippen LogP contribution in [0.2, 0.25) is 0 Å². The lowest BCUT2D eigenvalue weighted by atomic mass is 10.1. The topological polar surface area (TPSA) is 126 Å². The number of esters is 1. The highest BCUT2D eigenvalue weighted by molar-refractivity contribution is 7.89. The third-order valence-electron chi connectivity index (χ3n) is 4.94. The van der Waals surface area contributed by atoms with Crippen LogP contribution >= 0.6 is 0 Å². The van der Waals surface area contributed by atoms with Gasteiger partial charge >= 0.3 is 5.97 Å². The summed E-state index contributed by atoms with van der Waals surface area (Å²) >= 11 is 0. The Balaban J connectivity index is 2.19. The lowest BCUT2D eigenvalue weighted by molar-refractivity contribution is -0.121. The molecule has 2 N–H and O–H groups in total. The third-order valence-corrected chi connectivity index (χ3v) is 6.77. The second-order valence-electron chi connectivity index (χ2n) is 7.35. The van der Waals surface area contributed by atoms with Crippen molar-refractivity contribution in [3.63, 3.8) is 0 Å². The first kappa shape index (κ1) is 24.3. The summed E-state index contributed by atoms with van der Waals surface area (Å²) in [5.41, 5.74) is 1.88. The minimum atomic E-state index is -3.54. The molecule has 31 heavy (non-hydrogen) atoms. The van der Waals surface area contributed by atoms with Gasteiger partial charge in [0.2, 0.25) is 15.9 Å². The fraction of sp³-hybridized carbons (Fsp3) is 0.381. The van der Waals surface area contributed by atoms with E-state index in [-0.39, 0.29) is 34.3 Å². The van der Waals surface area contributed by atoms with Crippen LogP contribution in [-0.2, 0) is 26.0 Å². The number of amides is 1. The van der Waals surface area contributed by atoms with E-state index in [9.17, 15) is 22.8 Å². The van der Waals surface area contributed by atoms with E-state index in [1.807, 2.05) is 0 Å². The molecule has 0 saturated heterocycles. The number of Topliss-reactive ketones (excluding diaryl/α,β-unsaturated/α-hetero) is 1. The first-order chi connectivity index (χ1) is 14.4. The van der Waals surface area contributed by atoms with Gasteiger partial charge in [0, 0.05) is 26.7 Å². The predicted octanol–water partition coefficient (Wildman–Crippen LogP) is 1.98. The average Bonchev–Trinajstić information content (AvgIpc) is 3.03. The van der Waals surface area contributed by atoms with Gasteiger partial charge in [0.1, 0.15) is 0 Å². The largest absolute Gasteiger partial charge is 0.465 e. The molecule has 0 spiro atoms. The summed E-state index contributed by atoms with van der Waals surface area (Å²) in [4.78, 5) is 39.5. The van der Waals surface area contributed by atoms with Crippen molar-refractivity contribution in [3.05, 3.63) is 52.3 Å². The molecule has 0 saturated carbocycles. The van der Waals surface area contributed by atoms with E-state index in [2.05, 4.69) is 10.3 Å². The van der Waals surface area contributed by atoms with Crippen molar-refractivity contribution in [2.75, 3.05) is 21.2 Å². The van der Waals surface area contributed by atoms with Crippen LogP contribution in [0.4, 0.5) is 0 Å². The van der Waals surface area contributed by atoms with Crippen LogP contribution in [0.3, 0.4) is 0 Å². The van der Waals surface area contributed by atoms with Gasteiger partial charge in [0.05, 0.1) is 35.7 Å². The number of aromatic amines is 1. The standard InChI is InChI=1S/C21H27N3O6S/c1-12-19(21(27)30-6)17(23-20(12)14(3)25)11-18(26)22-13(2)15-7-9-16(10-8-15)31(28,29)24(4)5/h7-10,13,23H,11H2,1-6H3,(H,22,26). The van der Waals surface area contributed by atoms with E-state index in [1.165, 1.54) is 40.3 Å². The van der Waals surface area contributed by atoms with Crippen molar-refractivity contribution in [1.29, 1.82) is 0 Å². The molecule has 2 aromatic rings. The van der Waals surface area contributed by atoms with Gasteiger partial charge < -0.3 is 15.0 Å². The van der Waals surface area contributed by atoms with Crippen LogP contribution in [0.5, 0.6) is 0 Å². The Morgan fingerprint density at radius 2 is 1.74 bits per heavy atom. The van der Waals surface area contributed by atoms with Gasteiger partial charge in [-0.15, -0.1) is 0 Å². The van der Waals surface area contributed by atoms with Crippen LogP contribution in [0.15, 0.2) is 29.2 Å². The number of sulfonamides is 1. The van der Waals surface area contributed by atoms with Crippen molar-refractivity contribution in [3.8, 4) is 0 Å². The van der Waals surface area contributed by atoms with Gasteiger partial charge in [-0.05, 0) is 37.1 Å². The molecule has 1 unspecified atom stereocenters. The van der Waals surface area contributed by atoms with Gasteiger partial charge in [0.15, 0.2) is 5.78 Å². The van der Waals surface area contributed by atoms with Crippen LogP contribution in [0, 0.1) is 6.92 Å². The maximum absolute atomic E-state index is 12.6. The molecule has 0 aliphatic heterocycles. The van der Waals surface area contributed by atoms with Gasteiger partial charge in [-0.3, -0.25) is 9.59 Å². The Hall–Kier alpha value is -2.98. The molecule has 0 aliphatic rings. The number of hydrogen-bond donors (Lipinski definition) is 2. The molecule has 0 radical (unpaired) electrons. The summed E-state index contributed by atoms with van der Waals surface area (Å²) < 4.78 is 30.3. The van der Waals surface area contributed by atoms with Crippen LogP contribution in [0.1, 0.15) is 57.6 Å². The Labute approximate surface area is 181 Å². The van der Waals surface area contributed by atoms with Crippen molar-refractivity contribution >= 4 is 27.7 Å². The number of benzene rings is 1. The molecule has 0 fully saturated rings. The Bertz CT molecular complexity index is 1100. The Morgan fingerprint density at radius 1 is 1.16 bits per heavy atom. The summed E-state index contributed by atoms with van der Waals surface area (Å²) in [6.45, 7) is 4.74. The fourth-order valence-electron chi connectivity index (χ4n) is 3.20. The van der Waals surface area contributed by atoms with Crippen LogP contribution < -0.4 is 5.32 Å². The minimum absolute atomic E-state index is 0.154. The summed E-state index contributed by atoms with van der Waals surface area (Å²) in [7, 11) is 0.599. The van der Waals surface area contributed by atoms with Gasteiger partial charge in [-0.2, -0.15) is 0 Å². The Morgan fingerprint density at radius 3 is 2.23 bits per heavy atom. The van der Waals surface area contributed by atoms with Crippen molar-refractivity contribution < 1.29 is 27.5 Å². The zero-order valence-corrected chi connectivity index (χ0v) is 19.2. The number of methoxy groups -OCH3 is 1. The van der Waals surface area contributed by atoms with E-state index >= 15 is 0 Å². The third kappa shape index (κ3) is 5.20. The normalized spacial score (nSPS) is 12.5. The highest BCUT2D eigenvalue weighted by Crippen LogP contribution is 2.22. The first-order valence-corrected chi connectivity index (χ1v) is 11.0. The highest BCUT2D eigenvalue weighted by atomic mass is 32.2. The summed E-state index contributed by atoms with van der Waals surface area (Å²) in [6, 6.07) is 5.82. The monoisotopic (exact) mass is 449 g/mol. The van der Waals surface area contributed by atoms with Crippen molar-refractivity contribution in [1.82, 2.24) is 14.6 Å². The molecule has 0 aliphatic carbocycles. The smallest absolute Gasteiger partial charge is 0.339 e. The summed E-state index contributed by atoms with van der Waals surface area (Å²) in [5, 5.41) is 2.81. The minimum Gasteiger partial charge on any atom is -0.465 e. The molecule has 1 aromatic heterocycles. The molecule has 9 nitrogen and oxygen atoms in total. The molecule has 1 atom stereocenters. The molecule has 1 heterocycles. The van der Waals surface area contributed by atoms with Crippen molar-refractivity contribution in [2.45, 2.75) is 38.1 Å². The van der Waals surface area contributed by atoms with E-state index in [0.29, 0.717) is 16.8 Å². The number of nitrogens with one attached hydrogen (secondary N) is 2. The summed E-state index contributed by atoms with van der Waals surface area (Å²) in [6.07, 6.45) is -0.157. The lowest BCUT2D eigenvalue weighted by Gasteiger charge is -2.16. The molecule has 10 heteroatoms. The molecule has 0 bridgehead atoms. The maximum Gasteiger partial charge on any atom is 0.339 e. The second-order valence-corrected chi connectivity index (χ2v) is 9.50. The van der Waals surface area contributed by atoms with E-state index in [4.69, 9.17) is 4.74 Å². The van der Waals surface area contributed by atoms with Gasteiger partial charge in [0.25, 0.3) is 0 Å². The average molecular weight is 450 g/mol. The zero-order chi connectivity index (χ0) is 23.5. The zero-order valence-electron chi connectivity index (χ0n) is 18.4. The number of ketones is 1. The number of carbonyl (C=O) groups is 3. The van der Waals surface area contributed by atoms with Gasteiger partial charge in [-0.1, -0.05) is 12.1 Å². The maximum atomic E-state index is 12.6. The SMILES string of the molecule is COC(=O)c1c(CC(=O)NC(C)c2ccc(S(=O)(=O)N(C)C)cc2)[nH]c(C(C)=O)c1C. The number of aromatic nitrogens is 1. The number of nitrogens with zero attached hydrogens (tertiary/aromatic N) is 1. The number of H-pyrrole nitrogens is 1. The number of ether oxygens (including phenoxy) is 1. The highest BCUT2D eigenvalue weighted by Gasteiger charge is 2.25. The molecule has 1 amide bonds. The van der Waals surface area contributed by atoms with E-state index in [1.54, 1.807) is 26.0 Å². The summed E-state index contributed by atoms with van der Waals surface area (Å²) in [5.74, 6) is -1.26. The molecule has 1 aromatic carbocycles. The number of hydrogen-bond acceptors (Lipinski definition) is 6. The van der Waals surface area contributed by atoms with Crippen LogP contribution in [0.25, 0.3) is 0 Å². The molecule has 2 rings (SSSR count). The molecular formula is C21H27N3O6S. The quantitative estimate of drug-likeness (QED) is 0.469.